The van der Waals surface area contributed by atoms with E-state index in [2.05, 4.69) is 83.2 Å². The molecule has 0 fully saturated rings. The van der Waals surface area contributed by atoms with Crippen molar-refractivity contribution < 1.29 is 0 Å². The SMILES string of the molecule is CCc1[nH]nc2cc(SC)ccc12.CCc1[nH]nc2cc(SC)ccc12. The number of aromatic amines is 2. The predicted molar refractivity (Wildman–Crippen MR) is 115 cm³/mol. The topological polar surface area (TPSA) is 57.4 Å². The molecular formula is C20H24N4S2. The molecule has 136 valence electrons. The minimum Gasteiger partial charge on any atom is -0.281 e. The highest BCUT2D eigenvalue weighted by molar-refractivity contribution is 7.98. The lowest BCUT2D eigenvalue weighted by atomic mass is 10.2. The van der Waals surface area contributed by atoms with Crippen LogP contribution >= 0.6 is 23.5 Å². The molecule has 2 N–H and O–H groups in total. The highest BCUT2D eigenvalue weighted by Crippen LogP contribution is 2.23. The molecule has 0 bridgehead atoms. The summed E-state index contributed by atoms with van der Waals surface area (Å²) in [7, 11) is 0. The van der Waals surface area contributed by atoms with Crippen LogP contribution in [0.3, 0.4) is 0 Å². The number of hydrogen-bond donors (Lipinski definition) is 2. The zero-order valence-corrected chi connectivity index (χ0v) is 17.2. The van der Waals surface area contributed by atoms with Crippen LogP contribution in [0.25, 0.3) is 21.8 Å². The van der Waals surface area contributed by atoms with Gasteiger partial charge in [-0.15, -0.1) is 23.5 Å². The number of aromatic nitrogens is 4. The third-order valence-electron chi connectivity index (χ3n) is 4.39. The molecule has 0 amide bonds. The van der Waals surface area contributed by atoms with Gasteiger partial charge >= 0.3 is 0 Å². The summed E-state index contributed by atoms with van der Waals surface area (Å²) < 4.78 is 0. The summed E-state index contributed by atoms with van der Waals surface area (Å²) in [5.41, 5.74) is 4.60. The predicted octanol–water partition coefficient (Wildman–Crippen LogP) is 5.69. The molecular weight excluding hydrogens is 360 g/mol. The highest BCUT2D eigenvalue weighted by atomic mass is 32.2. The van der Waals surface area contributed by atoms with E-state index in [0.29, 0.717) is 0 Å². The Morgan fingerprint density at radius 3 is 1.50 bits per heavy atom. The Balaban J connectivity index is 0.000000151. The maximum Gasteiger partial charge on any atom is 0.0934 e. The molecule has 0 spiro atoms. The van der Waals surface area contributed by atoms with Gasteiger partial charge in [-0.2, -0.15) is 10.2 Å². The lowest BCUT2D eigenvalue weighted by molar-refractivity contribution is 0.988. The van der Waals surface area contributed by atoms with Gasteiger partial charge in [0, 0.05) is 32.0 Å². The van der Waals surface area contributed by atoms with Gasteiger partial charge in [-0.05, 0) is 61.8 Å². The third kappa shape index (κ3) is 3.91. The first kappa shape index (κ1) is 18.9. The van der Waals surface area contributed by atoms with E-state index >= 15 is 0 Å². The van der Waals surface area contributed by atoms with Gasteiger partial charge in [0.25, 0.3) is 0 Å². The Bertz CT molecular complexity index is 922. The van der Waals surface area contributed by atoms with Crippen LogP contribution in [0.4, 0.5) is 0 Å². The number of benzene rings is 2. The van der Waals surface area contributed by atoms with E-state index in [0.717, 1.165) is 23.9 Å². The number of H-pyrrole nitrogens is 2. The van der Waals surface area contributed by atoms with Gasteiger partial charge in [0.1, 0.15) is 0 Å². The summed E-state index contributed by atoms with van der Waals surface area (Å²) in [6.45, 7) is 4.27. The molecule has 2 aromatic heterocycles. The zero-order chi connectivity index (χ0) is 18.5. The van der Waals surface area contributed by atoms with Crippen LogP contribution in [-0.2, 0) is 12.8 Å². The standard InChI is InChI=1S/2C10H12N2S/c2*1-3-9-8-5-4-7(13-2)6-10(8)12-11-9/h2*4-6H,3H2,1-2H3,(H,11,12). The fourth-order valence-electron chi connectivity index (χ4n) is 2.89. The van der Waals surface area contributed by atoms with Crippen LogP contribution in [0.1, 0.15) is 25.2 Å². The van der Waals surface area contributed by atoms with Crippen molar-refractivity contribution in [2.75, 3.05) is 12.5 Å². The lowest BCUT2D eigenvalue weighted by Gasteiger charge is -1.95. The third-order valence-corrected chi connectivity index (χ3v) is 5.84. The molecule has 2 heterocycles. The van der Waals surface area contributed by atoms with Gasteiger partial charge in [-0.3, -0.25) is 10.2 Å². The van der Waals surface area contributed by atoms with Crippen LogP contribution in [0, 0.1) is 0 Å². The van der Waals surface area contributed by atoms with E-state index in [1.54, 1.807) is 23.5 Å². The second-order valence-corrected chi connectivity index (χ2v) is 7.64. The summed E-state index contributed by atoms with van der Waals surface area (Å²) in [6.07, 6.45) is 6.17. The van der Waals surface area contributed by atoms with Crippen molar-refractivity contribution in [2.24, 2.45) is 0 Å². The molecule has 0 unspecified atom stereocenters. The number of fused-ring (bicyclic) bond motifs is 2. The Morgan fingerprint density at radius 1 is 0.731 bits per heavy atom. The smallest absolute Gasteiger partial charge is 0.0934 e. The quantitative estimate of drug-likeness (QED) is 0.444. The number of nitrogens with one attached hydrogen (secondary N) is 2. The van der Waals surface area contributed by atoms with E-state index in [1.165, 1.54) is 32.0 Å². The van der Waals surface area contributed by atoms with E-state index in [1.807, 2.05) is 0 Å². The van der Waals surface area contributed by atoms with E-state index in [4.69, 9.17) is 0 Å². The Hall–Kier alpha value is -1.92. The van der Waals surface area contributed by atoms with Crippen molar-refractivity contribution in [3.05, 3.63) is 47.8 Å². The van der Waals surface area contributed by atoms with E-state index < -0.39 is 0 Å². The highest BCUT2D eigenvalue weighted by Gasteiger charge is 2.04. The number of nitrogens with zero attached hydrogens (tertiary/aromatic N) is 2. The molecule has 0 aliphatic carbocycles. The normalized spacial score (nSPS) is 10.9. The summed E-state index contributed by atoms with van der Waals surface area (Å²) in [4.78, 5) is 2.53. The summed E-state index contributed by atoms with van der Waals surface area (Å²) in [5, 5.41) is 17.1. The number of rotatable bonds is 4. The zero-order valence-electron chi connectivity index (χ0n) is 15.6. The number of hydrogen-bond acceptors (Lipinski definition) is 4. The Kier molecular flexibility index (Phi) is 6.27. The average Bonchev–Trinajstić information content (AvgIpc) is 3.30. The molecule has 4 aromatic rings. The van der Waals surface area contributed by atoms with Crippen molar-refractivity contribution >= 4 is 45.3 Å². The second kappa shape index (κ2) is 8.64. The first-order valence-corrected chi connectivity index (χ1v) is 11.2. The van der Waals surface area contributed by atoms with Gasteiger partial charge in [0.15, 0.2) is 0 Å². The minimum atomic E-state index is 1.01. The molecule has 0 radical (unpaired) electrons. The first-order chi connectivity index (χ1) is 12.7. The van der Waals surface area contributed by atoms with Crippen molar-refractivity contribution in [1.29, 1.82) is 0 Å². The number of aryl methyl sites for hydroxylation is 2. The van der Waals surface area contributed by atoms with Crippen molar-refractivity contribution in [2.45, 2.75) is 36.5 Å². The maximum absolute atomic E-state index is 4.26. The molecule has 0 aliphatic heterocycles. The van der Waals surface area contributed by atoms with E-state index in [9.17, 15) is 0 Å². The van der Waals surface area contributed by atoms with Gasteiger partial charge in [0.05, 0.1) is 11.0 Å². The van der Waals surface area contributed by atoms with Crippen LogP contribution in [0.15, 0.2) is 46.2 Å². The van der Waals surface area contributed by atoms with Gasteiger partial charge < -0.3 is 0 Å². The average molecular weight is 385 g/mol. The molecule has 2 aromatic carbocycles. The lowest BCUT2D eigenvalue weighted by Crippen LogP contribution is -1.78. The summed E-state index contributed by atoms with van der Waals surface area (Å²) in [6, 6.07) is 12.8. The molecule has 0 atom stereocenters. The molecule has 4 rings (SSSR count). The Labute approximate surface area is 162 Å². The second-order valence-electron chi connectivity index (χ2n) is 5.88. The van der Waals surface area contributed by atoms with Crippen LogP contribution in [0.2, 0.25) is 0 Å². The monoisotopic (exact) mass is 384 g/mol. The van der Waals surface area contributed by atoms with Crippen LogP contribution in [-0.4, -0.2) is 32.9 Å². The van der Waals surface area contributed by atoms with Crippen molar-refractivity contribution in [1.82, 2.24) is 20.4 Å². The van der Waals surface area contributed by atoms with Crippen LogP contribution < -0.4 is 0 Å². The van der Waals surface area contributed by atoms with Gasteiger partial charge in [-0.25, -0.2) is 0 Å². The minimum absolute atomic E-state index is 1.01. The first-order valence-electron chi connectivity index (χ1n) is 8.72. The summed E-state index contributed by atoms with van der Waals surface area (Å²) >= 11 is 3.49. The Morgan fingerprint density at radius 2 is 1.15 bits per heavy atom. The molecule has 6 heteroatoms. The maximum atomic E-state index is 4.26. The number of thioether (sulfide) groups is 2. The van der Waals surface area contributed by atoms with Gasteiger partial charge in [-0.1, -0.05) is 13.8 Å². The fraction of sp³-hybridized carbons (Fsp3) is 0.300. The summed E-state index contributed by atoms with van der Waals surface area (Å²) in [5.74, 6) is 0. The molecule has 0 saturated heterocycles. The van der Waals surface area contributed by atoms with Crippen molar-refractivity contribution in [3.8, 4) is 0 Å². The van der Waals surface area contributed by atoms with Crippen molar-refractivity contribution in [3.63, 3.8) is 0 Å². The molecule has 0 saturated carbocycles. The fourth-order valence-corrected chi connectivity index (χ4v) is 3.75. The molecule has 4 nitrogen and oxygen atoms in total. The van der Waals surface area contributed by atoms with E-state index in [-0.39, 0.29) is 0 Å². The molecule has 26 heavy (non-hydrogen) atoms. The van der Waals surface area contributed by atoms with Gasteiger partial charge in [0.2, 0.25) is 0 Å². The molecule has 0 aliphatic rings. The van der Waals surface area contributed by atoms with Crippen LogP contribution in [0.5, 0.6) is 0 Å². The largest absolute Gasteiger partial charge is 0.281 e.